The van der Waals surface area contributed by atoms with Gasteiger partial charge in [0.25, 0.3) is 0 Å². The first-order chi connectivity index (χ1) is 9.19. The molecule has 0 saturated carbocycles. The fourth-order valence-electron chi connectivity index (χ4n) is 3.99. The summed E-state index contributed by atoms with van der Waals surface area (Å²) in [6.07, 6.45) is 5.38. The zero-order valence-electron chi connectivity index (χ0n) is 11.8. The highest BCUT2D eigenvalue weighted by Gasteiger charge is 2.42. The van der Waals surface area contributed by atoms with Crippen molar-refractivity contribution in [3.63, 3.8) is 0 Å². The monoisotopic (exact) mass is 322 g/mol. The Bertz CT molecular complexity index is 417. The Kier molecular flexibility index (Phi) is 3.97. The molecule has 2 nitrogen and oxygen atoms in total. The minimum absolute atomic E-state index is 0.545. The summed E-state index contributed by atoms with van der Waals surface area (Å²) in [7, 11) is 2.11. The summed E-state index contributed by atoms with van der Waals surface area (Å²) in [6, 6.07) is 11.7. The number of benzene rings is 1. The summed E-state index contributed by atoms with van der Waals surface area (Å²) in [4.78, 5) is 2.77. The van der Waals surface area contributed by atoms with Gasteiger partial charge in [-0.05, 0) is 57.4 Å². The Balaban J connectivity index is 1.77. The maximum absolute atomic E-state index is 3.52. The molecule has 0 radical (unpaired) electrons. The first-order valence-electron chi connectivity index (χ1n) is 7.39. The standard InChI is InChI=1S/C16H23BrN2/c1-11(12-3-5-13(17)6-4-12)19-15-7-8-16(19)10-14(9-15)18-2/h3-6,11,14-16,18H,7-10H2,1-2H3. The molecule has 3 rings (SSSR count). The molecule has 1 aromatic rings. The fraction of sp³-hybridized carbons (Fsp3) is 0.625. The van der Waals surface area contributed by atoms with Gasteiger partial charge >= 0.3 is 0 Å². The molecule has 0 aliphatic carbocycles. The number of halogens is 1. The first-order valence-corrected chi connectivity index (χ1v) is 8.18. The molecule has 2 aliphatic rings. The zero-order chi connectivity index (χ0) is 13.4. The van der Waals surface area contributed by atoms with Crippen molar-refractivity contribution >= 4 is 15.9 Å². The van der Waals surface area contributed by atoms with Crippen molar-refractivity contribution in [1.29, 1.82) is 0 Å². The van der Waals surface area contributed by atoms with E-state index in [-0.39, 0.29) is 0 Å². The topological polar surface area (TPSA) is 15.3 Å². The third-order valence-electron chi connectivity index (χ3n) is 5.00. The molecule has 2 saturated heterocycles. The van der Waals surface area contributed by atoms with Crippen LogP contribution in [0.5, 0.6) is 0 Å². The molecule has 2 heterocycles. The maximum atomic E-state index is 3.52. The van der Waals surface area contributed by atoms with Gasteiger partial charge in [-0.25, -0.2) is 0 Å². The van der Waals surface area contributed by atoms with Crippen LogP contribution < -0.4 is 5.32 Å². The number of rotatable bonds is 3. The maximum Gasteiger partial charge on any atom is 0.0325 e. The molecule has 3 heteroatoms. The van der Waals surface area contributed by atoms with E-state index in [1.165, 1.54) is 35.7 Å². The first kappa shape index (κ1) is 13.6. The molecule has 2 aliphatic heterocycles. The van der Waals surface area contributed by atoms with Crippen molar-refractivity contribution in [2.45, 2.75) is 56.8 Å². The molecule has 1 N–H and O–H groups in total. The van der Waals surface area contributed by atoms with Crippen LogP contribution in [0.25, 0.3) is 0 Å². The predicted molar refractivity (Wildman–Crippen MR) is 83.3 cm³/mol. The molecule has 3 unspecified atom stereocenters. The van der Waals surface area contributed by atoms with E-state index in [0.717, 1.165) is 18.1 Å². The van der Waals surface area contributed by atoms with Crippen molar-refractivity contribution in [2.24, 2.45) is 0 Å². The molecule has 0 aromatic heterocycles. The van der Waals surface area contributed by atoms with Crippen molar-refractivity contribution in [3.8, 4) is 0 Å². The van der Waals surface area contributed by atoms with Gasteiger partial charge < -0.3 is 5.32 Å². The molecule has 1 aromatic carbocycles. The van der Waals surface area contributed by atoms with E-state index in [1.54, 1.807) is 0 Å². The van der Waals surface area contributed by atoms with E-state index in [0.29, 0.717) is 6.04 Å². The lowest BCUT2D eigenvalue weighted by atomic mass is 9.94. The lowest BCUT2D eigenvalue weighted by molar-refractivity contribution is 0.0789. The highest BCUT2D eigenvalue weighted by molar-refractivity contribution is 9.10. The second-order valence-corrected chi connectivity index (χ2v) is 6.93. The van der Waals surface area contributed by atoms with E-state index in [2.05, 4.69) is 64.4 Å². The number of nitrogens with one attached hydrogen (secondary N) is 1. The molecule has 3 atom stereocenters. The molecule has 0 spiro atoms. The third kappa shape index (κ3) is 2.61. The van der Waals surface area contributed by atoms with Gasteiger partial charge in [0.15, 0.2) is 0 Å². The molecule has 19 heavy (non-hydrogen) atoms. The van der Waals surface area contributed by atoms with Gasteiger partial charge in [-0.15, -0.1) is 0 Å². The molecule has 2 fully saturated rings. The van der Waals surface area contributed by atoms with E-state index >= 15 is 0 Å². The summed E-state index contributed by atoms with van der Waals surface area (Å²) in [5.41, 5.74) is 1.45. The van der Waals surface area contributed by atoms with Crippen LogP contribution in [-0.2, 0) is 0 Å². The van der Waals surface area contributed by atoms with Crippen LogP contribution in [0.2, 0.25) is 0 Å². The van der Waals surface area contributed by atoms with Gasteiger partial charge in [-0.2, -0.15) is 0 Å². The third-order valence-corrected chi connectivity index (χ3v) is 5.53. The minimum Gasteiger partial charge on any atom is -0.317 e. The normalized spacial score (nSPS) is 32.5. The van der Waals surface area contributed by atoms with Crippen LogP contribution in [-0.4, -0.2) is 30.1 Å². The highest BCUT2D eigenvalue weighted by Crippen LogP contribution is 2.41. The number of piperidine rings is 1. The SMILES string of the molecule is CNC1CC2CCC(C1)N2C(C)c1ccc(Br)cc1. The number of hydrogen-bond donors (Lipinski definition) is 1. The number of fused-ring (bicyclic) bond motifs is 2. The average Bonchev–Trinajstić information content (AvgIpc) is 2.69. The van der Waals surface area contributed by atoms with Gasteiger partial charge in [0.05, 0.1) is 0 Å². The molecule has 2 bridgehead atoms. The Morgan fingerprint density at radius 3 is 2.26 bits per heavy atom. The van der Waals surface area contributed by atoms with Crippen LogP contribution in [0.1, 0.15) is 44.2 Å². The molecule has 0 amide bonds. The van der Waals surface area contributed by atoms with Gasteiger partial charge in [-0.1, -0.05) is 28.1 Å². The number of nitrogens with zero attached hydrogens (tertiary/aromatic N) is 1. The van der Waals surface area contributed by atoms with Crippen molar-refractivity contribution < 1.29 is 0 Å². The smallest absolute Gasteiger partial charge is 0.0325 e. The lowest BCUT2D eigenvalue weighted by Crippen LogP contribution is -2.49. The fourth-order valence-corrected chi connectivity index (χ4v) is 4.26. The van der Waals surface area contributed by atoms with Crippen LogP contribution in [0, 0.1) is 0 Å². The predicted octanol–water partition coefficient (Wildman–Crippen LogP) is 3.72. The van der Waals surface area contributed by atoms with Crippen molar-refractivity contribution in [1.82, 2.24) is 10.2 Å². The van der Waals surface area contributed by atoms with Crippen molar-refractivity contribution in [2.75, 3.05) is 7.05 Å². The summed E-state index contributed by atoms with van der Waals surface area (Å²) in [5, 5.41) is 3.48. The van der Waals surface area contributed by atoms with Gasteiger partial charge in [0.1, 0.15) is 0 Å². The van der Waals surface area contributed by atoms with E-state index in [1.807, 2.05) is 0 Å². The molecular weight excluding hydrogens is 300 g/mol. The van der Waals surface area contributed by atoms with Crippen LogP contribution in [0.3, 0.4) is 0 Å². The molecule has 104 valence electrons. The summed E-state index contributed by atoms with van der Waals surface area (Å²) in [6.45, 7) is 2.37. The summed E-state index contributed by atoms with van der Waals surface area (Å²) in [5.74, 6) is 0. The molecular formula is C16H23BrN2. The Labute approximate surface area is 124 Å². The quantitative estimate of drug-likeness (QED) is 0.912. The van der Waals surface area contributed by atoms with Gasteiger partial charge in [0.2, 0.25) is 0 Å². The lowest BCUT2D eigenvalue weighted by Gasteiger charge is -2.42. The van der Waals surface area contributed by atoms with Gasteiger partial charge in [0, 0.05) is 28.6 Å². The van der Waals surface area contributed by atoms with Crippen molar-refractivity contribution in [3.05, 3.63) is 34.3 Å². The van der Waals surface area contributed by atoms with Crippen LogP contribution in [0.15, 0.2) is 28.7 Å². The van der Waals surface area contributed by atoms with E-state index < -0.39 is 0 Å². The Hall–Kier alpha value is -0.380. The van der Waals surface area contributed by atoms with E-state index in [9.17, 15) is 0 Å². The zero-order valence-corrected chi connectivity index (χ0v) is 13.4. The van der Waals surface area contributed by atoms with Crippen LogP contribution >= 0.6 is 15.9 Å². The Morgan fingerprint density at radius 2 is 1.74 bits per heavy atom. The number of hydrogen-bond acceptors (Lipinski definition) is 2. The highest BCUT2D eigenvalue weighted by atomic mass is 79.9. The second kappa shape index (κ2) is 5.55. The second-order valence-electron chi connectivity index (χ2n) is 6.02. The average molecular weight is 323 g/mol. The summed E-state index contributed by atoms with van der Waals surface area (Å²) >= 11 is 3.52. The van der Waals surface area contributed by atoms with E-state index in [4.69, 9.17) is 0 Å². The minimum atomic E-state index is 0.545. The largest absolute Gasteiger partial charge is 0.317 e. The van der Waals surface area contributed by atoms with Gasteiger partial charge in [-0.3, -0.25) is 4.90 Å². The Morgan fingerprint density at radius 1 is 1.16 bits per heavy atom. The van der Waals surface area contributed by atoms with Crippen LogP contribution in [0.4, 0.5) is 0 Å². The summed E-state index contributed by atoms with van der Waals surface area (Å²) < 4.78 is 1.17.